The molecule has 218 valence electrons. The Kier molecular flexibility index (Phi) is 7.53. The average molecular weight is 580 g/mol. The summed E-state index contributed by atoms with van der Waals surface area (Å²) in [5.74, 6) is 0. The van der Waals surface area contributed by atoms with Crippen LogP contribution in [0.2, 0.25) is 0 Å². The lowest BCUT2D eigenvalue weighted by Crippen LogP contribution is -1.99. The third-order valence-electron chi connectivity index (χ3n) is 9.05. The summed E-state index contributed by atoms with van der Waals surface area (Å²) >= 11 is 0. The standard InChI is InChI=1S/C44H37N/c1-5-13-38(30(3)6-2)39-23-20-36(26-31(39)4)34-17-12-18-35(27-34)37-21-24-41-43(28-37)45(29-32-14-8-7-9-15-32)42-25-22-33-16-10-11-19-40(33)44(41)42/h5-28H,2,29H2,1,3-4H3/b13-5-,38-30+. The van der Waals surface area contributed by atoms with Gasteiger partial charge in [0, 0.05) is 17.3 Å². The normalized spacial score (nSPS) is 12.3. The fourth-order valence-electron chi connectivity index (χ4n) is 6.71. The maximum Gasteiger partial charge on any atom is 0.0501 e. The molecule has 7 rings (SSSR count). The van der Waals surface area contributed by atoms with Crippen LogP contribution in [0.25, 0.3) is 60.4 Å². The third-order valence-corrected chi connectivity index (χ3v) is 9.05. The van der Waals surface area contributed by atoms with Crippen LogP contribution < -0.4 is 0 Å². The van der Waals surface area contributed by atoms with Gasteiger partial charge in [-0.25, -0.2) is 0 Å². The number of allylic oxidation sites excluding steroid dienone is 5. The number of hydrogen-bond acceptors (Lipinski definition) is 0. The Hall–Kier alpha value is -5.40. The molecule has 0 saturated carbocycles. The summed E-state index contributed by atoms with van der Waals surface area (Å²) in [6, 6.07) is 46.8. The molecular weight excluding hydrogens is 542 g/mol. The smallest absolute Gasteiger partial charge is 0.0501 e. The molecule has 0 radical (unpaired) electrons. The molecule has 0 aliphatic carbocycles. The molecule has 0 saturated heterocycles. The Labute approximate surface area is 266 Å². The predicted molar refractivity (Wildman–Crippen MR) is 196 cm³/mol. The zero-order valence-corrected chi connectivity index (χ0v) is 26.2. The van der Waals surface area contributed by atoms with Crippen molar-refractivity contribution in [2.24, 2.45) is 0 Å². The van der Waals surface area contributed by atoms with Crippen LogP contribution in [-0.2, 0) is 6.54 Å². The van der Waals surface area contributed by atoms with Gasteiger partial charge in [-0.05, 0) is 99.8 Å². The molecule has 0 aliphatic rings. The lowest BCUT2D eigenvalue weighted by molar-refractivity contribution is 0.869. The quantitative estimate of drug-likeness (QED) is 0.166. The van der Waals surface area contributed by atoms with Crippen molar-refractivity contribution in [3.63, 3.8) is 0 Å². The molecule has 0 amide bonds. The number of fused-ring (bicyclic) bond motifs is 5. The molecule has 45 heavy (non-hydrogen) atoms. The Bertz CT molecular complexity index is 2270. The first kappa shape index (κ1) is 28.4. The average Bonchev–Trinajstić information content (AvgIpc) is 3.40. The lowest BCUT2D eigenvalue weighted by Gasteiger charge is -2.13. The zero-order valence-electron chi connectivity index (χ0n) is 26.2. The van der Waals surface area contributed by atoms with E-state index >= 15 is 0 Å². The van der Waals surface area contributed by atoms with Crippen molar-refractivity contribution in [2.45, 2.75) is 27.3 Å². The topological polar surface area (TPSA) is 4.93 Å². The number of rotatable bonds is 7. The Morgan fingerprint density at radius 3 is 2.13 bits per heavy atom. The summed E-state index contributed by atoms with van der Waals surface area (Å²) in [4.78, 5) is 0. The summed E-state index contributed by atoms with van der Waals surface area (Å²) in [5.41, 5.74) is 13.6. The molecule has 0 unspecified atom stereocenters. The van der Waals surface area contributed by atoms with Crippen LogP contribution >= 0.6 is 0 Å². The van der Waals surface area contributed by atoms with Crippen molar-refractivity contribution in [3.05, 3.63) is 174 Å². The highest BCUT2D eigenvalue weighted by Crippen LogP contribution is 2.38. The van der Waals surface area contributed by atoms with Gasteiger partial charge in [0.15, 0.2) is 0 Å². The second-order valence-electron chi connectivity index (χ2n) is 11.9. The number of benzene rings is 6. The number of nitrogens with zero attached hydrogens (tertiary/aromatic N) is 1. The van der Waals surface area contributed by atoms with Crippen molar-refractivity contribution in [2.75, 3.05) is 0 Å². The minimum absolute atomic E-state index is 0.823. The van der Waals surface area contributed by atoms with Gasteiger partial charge in [0.25, 0.3) is 0 Å². The van der Waals surface area contributed by atoms with Gasteiger partial charge >= 0.3 is 0 Å². The molecule has 7 aromatic rings. The maximum absolute atomic E-state index is 4.00. The van der Waals surface area contributed by atoms with Gasteiger partial charge in [0.2, 0.25) is 0 Å². The van der Waals surface area contributed by atoms with Crippen LogP contribution in [0.4, 0.5) is 0 Å². The van der Waals surface area contributed by atoms with Crippen LogP contribution in [0, 0.1) is 6.92 Å². The van der Waals surface area contributed by atoms with Crippen molar-refractivity contribution < 1.29 is 0 Å². The van der Waals surface area contributed by atoms with Crippen LogP contribution in [0.15, 0.2) is 158 Å². The molecule has 1 aromatic heterocycles. The zero-order chi connectivity index (χ0) is 30.9. The van der Waals surface area contributed by atoms with Crippen molar-refractivity contribution in [1.82, 2.24) is 4.57 Å². The fraction of sp³-hybridized carbons (Fsp3) is 0.0909. The first-order valence-corrected chi connectivity index (χ1v) is 15.7. The molecule has 0 aliphatic heterocycles. The first-order chi connectivity index (χ1) is 22.1. The highest BCUT2D eigenvalue weighted by molar-refractivity contribution is 6.21. The van der Waals surface area contributed by atoms with Crippen LogP contribution in [0.5, 0.6) is 0 Å². The van der Waals surface area contributed by atoms with E-state index in [2.05, 4.69) is 171 Å². The third kappa shape index (κ3) is 5.21. The second-order valence-corrected chi connectivity index (χ2v) is 11.9. The summed E-state index contributed by atoms with van der Waals surface area (Å²) in [6.07, 6.45) is 6.21. The molecule has 0 fully saturated rings. The van der Waals surface area contributed by atoms with E-state index in [1.165, 1.54) is 82.7 Å². The molecule has 0 atom stereocenters. The summed E-state index contributed by atoms with van der Waals surface area (Å²) < 4.78 is 2.49. The van der Waals surface area contributed by atoms with E-state index in [1.807, 2.05) is 6.08 Å². The monoisotopic (exact) mass is 579 g/mol. The van der Waals surface area contributed by atoms with Crippen molar-refractivity contribution in [3.8, 4) is 22.3 Å². The van der Waals surface area contributed by atoms with Gasteiger partial charge in [0.1, 0.15) is 0 Å². The van der Waals surface area contributed by atoms with Crippen LogP contribution in [0.1, 0.15) is 30.5 Å². The first-order valence-electron chi connectivity index (χ1n) is 15.7. The van der Waals surface area contributed by atoms with E-state index in [9.17, 15) is 0 Å². The number of aryl methyl sites for hydroxylation is 1. The van der Waals surface area contributed by atoms with E-state index in [0.29, 0.717) is 0 Å². The van der Waals surface area contributed by atoms with E-state index in [1.54, 1.807) is 0 Å². The van der Waals surface area contributed by atoms with Gasteiger partial charge in [-0.2, -0.15) is 0 Å². The molecular formula is C44H37N. The van der Waals surface area contributed by atoms with Gasteiger partial charge in [-0.1, -0.05) is 134 Å². The van der Waals surface area contributed by atoms with E-state index in [4.69, 9.17) is 0 Å². The van der Waals surface area contributed by atoms with Crippen molar-refractivity contribution >= 4 is 38.2 Å². The number of aromatic nitrogens is 1. The highest BCUT2D eigenvalue weighted by atomic mass is 15.0. The molecule has 6 aromatic carbocycles. The van der Waals surface area contributed by atoms with Crippen LogP contribution in [0.3, 0.4) is 0 Å². The van der Waals surface area contributed by atoms with E-state index in [-0.39, 0.29) is 0 Å². The predicted octanol–water partition coefficient (Wildman–Crippen LogP) is 12.2. The Morgan fingerprint density at radius 2 is 1.38 bits per heavy atom. The molecule has 1 heterocycles. The lowest BCUT2D eigenvalue weighted by atomic mass is 9.92. The Morgan fingerprint density at radius 1 is 0.667 bits per heavy atom. The van der Waals surface area contributed by atoms with Gasteiger partial charge in [-0.15, -0.1) is 0 Å². The second kappa shape index (κ2) is 11.9. The minimum Gasteiger partial charge on any atom is -0.336 e. The highest BCUT2D eigenvalue weighted by Gasteiger charge is 2.15. The molecule has 0 N–H and O–H groups in total. The minimum atomic E-state index is 0.823. The molecule has 1 heteroatoms. The van der Waals surface area contributed by atoms with Gasteiger partial charge in [-0.3, -0.25) is 0 Å². The fourth-order valence-corrected chi connectivity index (χ4v) is 6.71. The maximum atomic E-state index is 4.00. The largest absolute Gasteiger partial charge is 0.336 e. The summed E-state index contributed by atoms with van der Waals surface area (Å²) in [6.45, 7) is 11.2. The molecule has 0 spiro atoms. The SMILES string of the molecule is C=C/C(C)=C(\C=C/C)c1ccc(-c2cccc(-c3ccc4c5c6ccccc6ccc5n(Cc5ccccc5)c4c3)c2)cc1C. The van der Waals surface area contributed by atoms with E-state index < -0.39 is 0 Å². The molecule has 1 nitrogen and oxygen atoms in total. The summed E-state index contributed by atoms with van der Waals surface area (Å²) in [7, 11) is 0. The van der Waals surface area contributed by atoms with Gasteiger partial charge in [0.05, 0.1) is 11.0 Å². The van der Waals surface area contributed by atoms with Crippen LogP contribution in [-0.4, -0.2) is 4.57 Å². The van der Waals surface area contributed by atoms with Crippen molar-refractivity contribution in [1.29, 1.82) is 0 Å². The molecule has 0 bridgehead atoms. The van der Waals surface area contributed by atoms with Gasteiger partial charge < -0.3 is 4.57 Å². The number of hydrogen-bond donors (Lipinski definition) is 0. The summed E-state index contributed by atoms with van der Waals surface area (Å²) in [5, 5.41) is 5.20. The van der Waals surface area contributed by atoms with E-state index in [0.717, 1.165) is 6.54 Å². The Balaban J connectivity index is 1.35.